The largest absolute Gasteiger partial charge is 0.464 e. The molecule has 0 spiro atoms. The Kier molecular flexibility index (Phi) is 8.16. The van der Waals surface area contributed by atoms with E-state index >= 15 is 0 Å². The minimum Gasteiger partial charge on any atom is -0.464 e. The van der Waals surface area contributed by atoms with Gasteiger partial charge in [0.05, 0.1) is 6.61 Å². The van der Waals surface area contributed by atoms with E-state index in [1.807, 2.05) is 6.92 Å². The molecule has 0 heterocycles. The fourth-order valence-corrected chi connectivity index (χ4v) is 1.66. The molecule has 0 aliphatic heterocycles. The molecule has 0 aromatic heterocycles. The van der Waals surface area contributed by atoms with Crippen LogP contribution in [0.25, 0.3) is 0 Å². The molecular formula is C14H20F7NO3. The van der Waals surface area contributed by atoms with Crippen molar-refractivity contribution >= 4 is 11.9 Å². The van der Waals surface area contributed by atoms with Gasteiger partial charge in [-0.15, -0.1) is 0 Å². The summed E-state index contributed by atoms with van der Waals surface area (Å²) in [4.78, 5) is 23.1. The number of amides is 1. The number of carbonyl (C=O) groups excluding carboxylic acids is 2. The van der Waals surface area contributed by atoms with E-state index in [0.29, 0.717) is 12.8 Å². The predicted molar refractivity (Wildman–Crippen MR) is 73.2 cm³/mol. The smallest absolute Gasteiger partial charge is 0.460 e. The second-order valence-electron chi connectivity index (χ2n) is 5.72. The minimum atomic E-state index is -6.64. The Hall–Kier alpha value is -1.55. The van der Waals surface area contributed by atoms with Crippen molar-refractivity contribution in [3.63, 3.8) is 0 Å². The second kappa shape index (κ2) is 8.70. The quantitative estimate of drug-likeness (QED) is 0.375. The van der Waals surface area contributed by atoms with Crippen LogP contribution in [0.5, 0.6) is 0 Å². The number of halogens is 7. The number of hydrogen-bond donors (Lipinski definition) is 1. The normalized spacial score (nSPS) is 14.4. The van der Waals surface area contributed by atoms with Gasteiger partial charge in [-0.25, -0.2) is 4.79 Å². The molecule has 148 valence electrons. The first-order chi connectivity index (χ1) is 11.2. The molecule has 0 radical (unpaired) electrons. The summed E-state index contributed by atoms with van der Waals surface area (Å²) in [6.07, 6.45) is -4.70. The Morgan fingerprint density at radius 3 is 1.92 bits per heavy atom. The summed E-state index contributed by atoms with van der Waals surface area (Å²) in [5.41, 5.74) is 0. The number of esters is 1. The first-order valence-corrected chi connectivity index (χ1v) is 7.50. The number of unbranched alkanes of at least 4 members (excludes halogenated alkanes) is 2. The van der Waals surface area contributed by atoms with E-state index in [2.05, 4.69) is 0 Å². The fraction of sp³-hybridized carbons (Fsp3) is 0.857. The average Bonchev–Trinajstić information content (AvgIpc) is 2.46. The third-order valence-corrected chi connectivity index (χ3v) is 3.23. The Labute approximate surface area is 140 Å². The molecule has 1 unspecified atom stereocenters. The van der Waals surface area contributed by atoms with Gasteiger partial charge in [0.2, 0.25) is 0 Å². The molecule has 25 heavy (non-hydrogen) atoms. The van der Waals surface area contributed by atoms with E-state index in [1.54, 1.807) is 0 Å². The maximum atomic E-state index is 13.3. The van der Waals surface area contributed by atoms with Crippen LogP contribution >= 0.6 is 0 Å². The Morgan fingerprint density at radius 2 is 1.52 bits per heavy atom. The molecule has 0 aromatic carbocycles. The second-order valence-corrected chi connectivity index (χ2v) is 5.72. The lowest BCUT2D eigenvalue weighted by Crippen LogP contribution is -2.62. The van der Waals surface area contributed by atoms with Crippen molar-refractivity contribution < 1.29 is 45.1 Å². The highest BCUT2D eigenvalue weighted by molar-refractivity contribution is 5.89. The Balaban J connectivity index is 5.14. The van der Waals surface area contributed by atoms with Gasteiger partial charge in [0, 0.05) is 0 Å². The van der Waals surface area contributed by atoms with E-state index < -0.39 is 41.9 Å². The fourth-order valence-electron chi connectivity index (χ4n) is 1.66. The summed E-state index contributed by atoms with van der Waals surface area (Å²) < 4.78 is 93.3. The van der Waals surface area contributed by atoms with Gasteiger partial charge in [0.15, 0.2) is 0 Å². The van der Waals surface area contributed by atoms with Gasteiger partial charge in [-0.1, -0.05) is 33.6 Å². The molecule has 1 amide bonds. The third kappa shape index (κ3) is 5.74. The highest BCUT2D eigenvalue weighted by atomic mass is 19.4. The third-order valence-electron chi connectivity index (χ3n) is 3.23. The molecule has 1 N–H and O–H groups in total. The lowest BCUT2D eigenvalue weighted by atomic mass is 10.0. The summed E-state index contributed by atoms with van der Waals surface area (Å²) in [5, 5.41) is 1.23. The van der Waals surface area contributed by atoms with Crippen molar-refractivity contribution in [1.29, 1.82) is 0 Å². The standard InChI is InChI=1S/C14H20F7NO3/c1-4-5-6-7-25-10(23)9(8(2)3)22-11(24)12(15,16)13(17,18)14(19,20)21/h8-9H,4-7H2,1-3H3,(H,22,24). The van der Waals surface area contributed by atoms with Gasteiger partial charge in [0.1, 0.15) is 6.04 Å². The molecule has 0 bridgehead atoms. The number of alkyl halides is 7. The van der Waals surface area contributed by atoms with Crippen LogP contribution in [0, 0.1) is 5.92 Å². The van der Waals surface area contributed by atoms with Gasteiger partial charge in [-0.05, 0) is 12.3 Å². The zero-order valence-corrected chi connectivity index (χ0v) is 13.9. The summed E-state index contributed by atoms with van der Waals surface area (Å²) in [5.74, 6) is -17.6. The molecule has 0 fully saturated rings. The van der Waals surface area contributed by atoms with E-state index in [9.17, 15) is 40.3 Å². The molecule has 0 saturated heterocycles. The predicted octanol–water partition coefficient (Wildman–Crippen LogP) is 3.69. The molecule has 0 saturated carbocycles. The number of hydrogen-bond acceptors (Lipinski definition) is 3. The highest BCUT2D eigenvalue weighted by Crippen LogP contribution is 2.46. The van der Waals surface area contributed by atoms with Crippen molar-refractivity contribution in [2.75, 3.05) is 6.61 Å². The van der Waals surface area contributed by atoms with Crippen LogP contribution in [0.4, 0.5) is 30.7 Å². The molecular weight excluding hydrogens is 363 g/mol. The minimum absolute atomic E-state index is 0.0964. The molecule has 11 heteroatoms. The van der Waals surface area contributed by atoms with Crippen molar-refractivity contribution in [2.24, 2.45) is 5.92 Å². The maximum absolute atomic E-state index is 13.3. The van der Waals surface area contributed by atoms with E-state index in [-0.39, 0.29) is 6.61 Å². The summed E-state index contributed by atoms with van der Waals surface area (Å²) in [6, 6.07) is -1.79. The first-order valence-electron chi connectivity index (χ1n) is 7.50. The SMILES string of the molecule is CCCCCOC(=O)C(NC(=O)C(F)(F)C(F)(F)C(F)(F)F)C(C)C. The van der Waals surface area contributed by atoms with E-state index in [0.717, 1.165) is 6.42 Å². The average molecular weight is 383 g/mol. The van der Waals surface area contributed by atoms with Crippen molar-refractivity contribution in [2.45, 2.75) is 64.1 Å². The van der Waals surface area contributed by atoms with E-state index in [1.165, 1.54) is 19.2 Å². The number of ether oxygens (including phenoxy) is 1. The summed E-state index contributed by atoms with van der Waals surface area (Å²) in [7, 11) is 0. The number of rotatable bonds is 9. The van der Waals surface area contributed by atoms with Crippen LogP contribution in [-0.2, 0) is 14.3 Å². The zero-order chi connectivity index (χ0) is 20.1. The van der Waals surface area contributed by atoms with E-state index in [4.69, 9.17) is 4.74 Å². The molecule has 0 aliphatic rings. The van der Waals surface area contributed by atoms with Crippen LogP contribution in [0.1, 0.15) is 40.0 Å². The Morgan fingerprint density at radius 1 is 1.00 bits per heavy atom. The highest BCUT2D eigenvalue weighted by Gasteiger charge is 2.76. The van der Waals surface area contributed by atoms with Crippen LogP contribution in [0.15, 0.2) is 0 Å². The van der Waals surface area contributed by atoms with Gasteiger partial charge >= 0.3 is 24.0 Å². The molecule has 1 atom stereocenters. The van der Waals surface area contributed by atoms with Gasteiger partial charge in [-0.2, -0.15) is 30.7 Å². The van der Waals surface area contributed by atoms with Crippen LogP contribution in [0.3, 0.4) is 0 Å². The van der Waals surface area contributed by atoms with Crippen molar-refractivity contribution in [3.8, 4) is 0 Å². The van der Waals surface area contributed by atoms with Crippen LogP contribution in [0.2, 0.25) is 0 Å². The van der Waals surface area contributed by atoms with Crippen molar-refractivity contribution in [1.82, 2.24) is 5.32 Å². The first kappa shape index (κ1) is 23.4. The summed E-state index contributed by atoms with van der Waals surface area (Å²) >= 11 is 0. The molecule has 0 aliphatic carbocycles. The monoisotopic (exact) mass is 383 g/mol. The van der Waals surface area contributed by atoms with Gasteiger partial charge in [-0.3, -0.25) is 4.79 Å². The summed E-state index contributed by atoms with van der Waals surface area (Å²) in [6.45, 7) is 4.32. The van der Waals surface area contributed by atoms with Gasteiger partial charge < -0.3 is 10.1 Å². The number of nitrogens with one attached hydrogen (secondary N) is 1. The van der Waals surface area contributed by atoms with Gasteiger partial charge in [0.25, 0.3) is 5.91 Å². The Bertz CT molecular complexity index is 464. The van der Waals surface area contributed by atoms with Crippen LogP contribution in [-0.4, -0.2) is 42.5 Å². The molecule has 4 nitrogen and oxygen atoms in total. The number of carbonyl (C=O) groups is 2. The lowest BCUT2D eigenvalue weighted by molar-refractivity contribution is -0.344. The zero-order valence-electron chi connectivity index (χ0n) is 13.9. The maximum Gasteiger partial charge on any atom is 0.460 e. The van der Waals surface area contributed by atoms with Crippen LogP contribution < -0.4 is 5.32 Å². The molecule has 0 rings (SSSR count). The molecule has 0 aromatic rings. The van der Waals surface area contributed by atoms with Crippen molar-refractivity contribution in [3.05, 3.63) is 0 Å². The lowest BCUT2D eigenvalue weighted by Gasteiger charge is -2.29. The topological polar surface area (TPSA) is 55.4 Å².